The van der Waals surface area contributed by atoms with E-state index < -0.39 is 0 Å². The maximum atomic E-state index is 2.39. The van der Waals surface area contributed by atoms with Gasteiger partial charge in [-0.3, -0.25) is 0 Å². The summed E-state index contributed by atoms with van der Waals surface area (Å²) in [5, 5.41) is 2.54. The highest BCUT2D eigenvalue weighted by molar-refractivity contribution is 5.87. The molecule has 0 radical (unpaired) electrons. The van der Waals surface area contributed by atoms with Crippen molar-refractivity contribution in [1.82, 2.24) is 0 Å². The summed E-state index contributed by atoms with van der Waals surface area (Å²) in [5.41, 5.74) is 6.32. The second-order valence-electron chi connectivity index (χ2n) is 6.94. The average Bonchev–Trinajstić information content (AvgIpc) is 2.67. The van der Waals surface area contributed by atoms with E-state index in [0.29, 0.717) is 0 Å². The lowest BCUT2D eigenvalue weighted by molar-refractivity contribution is 0.974. The molecular weight excluding hydrogens is 314 g/mol. The standard InChI is InChI=1S/C25H23N/c1-19-10-12-21(13-11-19)18-26(24-9-5-6-20(2)16-24)25-15-14-22-7-3-4-8-23(22)17-25/h3-17H,18H2,1-2H3. The minimum atomic E-state index is 0.849. The van der Waals surface area contributed by atoms with E-state index in [1.165, 1.54) is 38.8 Å². The number of hydrogen-bond acceptors (Lipinski definition) is 1. The highest BCUT2D eigenvalue weighted by atomic mass is 15.1. The quantitative estimate of drug-likeness (QED) is 0.396. The van der Waals surface area contributed by atoms with Crippen molar-refractivity contribution in [3.05, 3.63) is 108 Å². The Labute approximate surface area is 155 Å². The van der Waals surface area contributed by atoms with Crippen LogP contribution in [0.25, 0.3) is 10.8 Å². The van der Waals surface area contributed by atoms with Crippen LogP contribution in [-0.4, -0.2) is 0 Å². The number of aryl methyl sites for hydroxylation is 2. The van der Waals surface area contributed by atoms with Gasteiger partial charge in [-0.25, -0.2) is 0 Å². The van der Waals surface area contributed by atoms with Crippen molar-refractivity contribution in [3.8, 4) is 0 Å². The summed E-state index contributed by atoms with van der Waals surface area (Å²) in [6.07, 6.45) is 0. The summed E-state index contributed by atoms with van der Waals surface area (Å²) in [5.74, 6) is 0. The van der Waals surface area contributed by atoms with Crippen molar-refractivity contribution in [3.63, 3.8) is 0 Å². The molecule has 0 amide bonds. The zero-order valence-corrected chi connectivity index (χ0v) is 15.3. The molecule has 0 unspecified atom stereocenters. The Hall–Kier alpha value is -3.06. The number of fused-ring (bicyclic) bond motifs is 1. The van der Waals surface area contributed by atoms with Crippen LogP contribution in [0.3, 0.4) is 0 Å². The first-order chi connectivity index (χ1) is 12.7. The van der Waals surface area contributed by atoms with Gasteiger partial charge in [0.15, 0.2) is 0 Å². The lowest BCUT2D eigenvalue weighted by atomic mass is 10.1. The summed E-state index contributed by atoms with van der Waals surface area (Å²) in [4.78, 5) is 2.39. The maximum Gasteiger partial charge on any atom is 0.0481 e. The number of rotatable bonds is 4. The van der Waals surface area contributed by atoms with Gasteiger partial charge in [0, 0.05) is 17.9 Å². The van der Waals surface area contributed by atoms with Crippen LogP contribution >= 0.6 is 0 Å². The Balaban J connectivity index is 1.79. The summed E-state index contributed by atoms with van der Waals surface area (Å²) in [6, 6.07) is 32.8. The maximum absolute atomic E-state index is 2.39. The fraction of sp³-hybridized carbons (Fsp3) is 0.120. The number of hydrogen-bond donors (Lipinski definition) is 0. The van der Waals surface area contributed by atoms with Gasteiger partial charge in [-0.15, -0.1) is 0 Å². The van der Waals surface area contributed by atoms with Crippen LogP contribution in [0, 0.1) is 13.8 Å². The molecule has 0 bridgehead atoms. The SMILES string of the molecule is Cc1ccc(CN(c2cccc(C)c2)c2ccc3ccccc3c2)cc1. The highest BCUT2D eigenvalue weighted by Crippen LogP contribution is 2.31. The predicted octanol–water partition coefficient (Wildman–Crippen LogP) is 6.79. The van der Waals surface area contributed by atoms with Gasteiger partial charge in [-0.05, 0) is 60.0 Å². The van der Waals surface area contributed by atoms with Crippen LogP contribution in [-0.2, 0) is 6.54 Å². The van der Waals surface area contributed by atoms with E-state index in [1.54, 1.807) is 0 Å². The van der Waals surface area contributed by atoms with Gasteiger partial charge in [0.2, 0.25) is 0 Å². The molecule has 0 heterocycles. The summed E-state index contributed by atoms with van der Waals surface area (Å²) in [6.45, 7) is 5.13. The van der Waals surface area contributed by atoms with Gasteiger partial charge in [-0.2, -0.15) is 0 Å². The van der Waals surface area contributed by atoms with Crippen molar-refractivity contribution in [1.29, 1.82) is 0 Å². The van der Waals surface area contributed by atoms with Crippen LogP contribution in [0.5, 0.6) is 0 Å². The summed E-state index contributed by atoms with van der Waals surface area (Å²) >= 11 is 0. The molecule has 4 rings (SSSR count). The van der Waals surface area contributed by atoms with Crippen molar-refractivity contribution in [2.45, 2.75) is 20.4 Å². The molecule has 4 aromatic rings. The molecule has 0 atom stereocenters. The fourth-order valence-electron chi connectivity index (χ4n) is 3.35. The lowest BCUT2D eigenvalue weighted by Crippen LogP contribution is -2.16. The van der Waals surface area contributed by atoms with Crippen LogP contribution in [0.15, 0.2) is 91.0 Å². The van der Waals surface area contributed by atoms with Crippen molar-refractivity contribution >= 4 is 22.1 Å². The predicted molar refractivity (Wildman–Crippen MR) is 112 cm³/mol. The molecule has 128 valence electrons. The van der Waals surface area contributed by atoms with Crippen LogP contribution in [0.4, 0.5) is 11.4 Å². The first kappa shape index (κ1) is 16.4. The number of nitrogens with zero attached hydrogens (tertiary/aromatic N) is 1. The number of anilines is 2. The van der Waals surface area contributed by atoms with Gasteiger partial charge >= 0.3 is 0 Å². The van der Waals surface area contributed by atoms with E-state index in [1.807, 2.05) is 0 Å². The molecule has 0 spiro atoms. The smallest absolute Gasteiger partial charge is 0.0481 e. The normalized spacial score (nSPS) is 10.8. The molecule has 26 heavy (non-hydrogen) atoms. The minimum Gasteiger partial charge on any atom is -0.337 e. The molecule has 0 N–H and O–H groups in total. The second kappa shape index (κ2) is 7.05. The topological polar surface area (TPSA) is 3.24 Å². The molecule has 1 nitrogen and oxygen atoms in total. The van der Waals surface area contributed by atoms with E-state index in [-0.39, 0.29) is 0 Å². The molecule has 0 aliphatic carbocycles. The van der Waals surface area contributed by atoms with Crippen LogP contribution < -0.4 is 4.90 Å². The molecule has 1 heteroatoms. The van der Waals surface area contributed by atoms with Crippen molar-refractivity contribution in [2.75, 3.05) is 4.90 Å². The summed E-state index contributed by atoms with van der Waals surface area (Å²) < 4.78 is 0. The first-order valence-corrected chi connectivity index (χ1v) is 9.08. The Morgan fingerprint density at radius 1 is 0.577 bits per heavy atom. The van der Waals surface area contributed by atoms with E-state index >= 15 is 0 Å². The largest absolute Gasteiger partial charge is 0.337 e. The van der Waals surface area contributed by atoms with E-state index in [2.05, 4.69) is 110 Å². The fourth-order valence-corrected chi connectivity index (χ4v) is 3.35. The van der Waals surface area contributed by atoms with Gasteiger partial charge < -0.3 is 4.90 Å². The van der Waals surface area contributed by atoms with Crippen molar-refractivity contribution < 1.29 is 0 Å². The van der Waals surface area contributed by atoms with Gasteiger partial charge in [-0.1, -0.05) is 72.3 Å². The third-order valence-corrected chi connectivity index (χ3v) is 4.82. The summed E-state index contributed by atoms with van der Waals surface area (Å²) in [7, 11) is 0. The third kappa shape index (κ3) is 3.48. The molecular formula is C25H23N. The molecule has 0 saturated heterocycles. The highest BCUT2D eigenvalue weighted by Gasteiger charge is 2.11. The van der Waals surface area contributed by atoms with E-state index in [0.717, 1.165) is 6.54 Å². The Bertz CT molecular complexity index is 1030. The molecule has 0 aliphatic rings. The second-order valence-corrected chi connectivity index (χ2v) is 6.94. The van der Waals surface area contributed by atoms with Crippen LogP contribution in [0.2, 0.25) is 0 Å². The number of benzene rings is 4. The van der Waals surface area contributed by atoms with Gasteiger partial charge in [0.1, 0.15) is 0 Å². The Kier molecular flexibility index (Phi) is 4.45. The van der Waals surface area contributed by atoms with E-state index in [9.17, 15) is 0 Å². The minimum absolute atomic E-state index is 0.849. The lowest BCUT2D eigenvalue weighted by Gasteiger charge is -2.26. The monoisotopic (exact) mass is 337 g/mol. The zero-order valence-electron chi connectivity index (χ0n) is 15.3. The Morgan fingerprint density at radius 3 is 2.08 bits per heavy atom. The third-order valence-electron chi connectivity index (χ3n) is 4.82. The zero-order chi connectivity index (χ0) is 17.9. The average molecular weight is 337 g/mol. The van der Waals surface area contributed by atoms with Gasteiger partial charge in [0.05, 0.1) is 0 Å². The van der Waals surface area contributed by atoms with E-state index in [4.69, 9.17) is 0 Å². The van der Waals surface area contributed by atoms with Crippen LogP contribution in [0.1, 0.15) is 16.7 Å². The molecule has 0 aliphatic heterocycles. The Morgan fingerprint density at radius 2 is 1.31 bits per heavy atom. The first-order valence-electron chi connectivity index (χ1n) is 9.08. The molecule has 4 aromatic carbocycles. The molecule has 0 aromatic heterocycles. The van der Waals surface area contributed by atoms with Gasteiger partial charge in [0.25, 0.3) is 0 Å². The molecule has 0 fully saturated rings. The van der Waals surface area contributed by atoms with Crippen molar-refractivity contribution in [2.24, 2.45) is 0 Å². The molecule has 0 saturated carbocycles.